The molecular weight excluding hydrogens is 234 g/mol. The Labute approximate surface area is 115 Å². The molecule has 0 aliphatic heterocycles. The van der Waals surface area contributed by atoms with E-state index in [1.807, 2.05) is 0 Å². The zero-order valence-electron chi connectivity index (χ0n) is 11.3. The molecular formula is C17H19NO. The van der Waals surface area contributed by atoms with Crippen molar-refractivity contribution >= 4 is 5.78 Å². The quantitative estimate of drug-likeness (QED) is 0.765. The number of nitriles is 1. The molecule has 0 N–H and O–H groups in total. The Morgan fingerprint density at radius 3 is 2.63 bits per heavy atom. The molecule has 0 bridgehead atoms. The summed E-state index contributed by atoms with van der Waals surface area (Å²) in [6, 6.07) is 8.97. The number of hydrogen-bond acceptors (Lipinski definition) is 2. The number of carbonyl (C=O) groups is 1. The van der Waals surface area contributed by atoms with Gasteiger partial charge in [0, 0.05) is 12.0 Å². The third kappa shape index (κ3) is 3.04. The molecule has 19 heavy (non-hydrogen) atoms. The van der Waals surface area contributed by atoms with Gasteiger partial charge in [0.2, 0.25) is 0 Å². The van der Waals surface area contributed by atoms with Gasteiger partial charge in [0.15, 0.2) is 5.78 Å². The minimum atomic E-state index is 0.169. The number of hydrogen-bond donors (Lipinski definition) is 0. The van der Waals surface area contributed by atoms with Crippen LogP contribution in [0.2, 0.25) is 0 Å². The van der Waals surface area contributed by atoms with E-state index in [2.05, 4.69) is 26.3 Å². The van der Waals surface area contributed by atoms with Crippen LogP contribution in [0, 0.1) is 42.4 Å². The maximum Gasteiger partial charge on any atom is 0.163 e. The first kappa shape index (κ1) is 13.8. The van der Waals surface area contributed by atoms with Crippen molar-refractivity contribution in [1.29, 1.82) is 5.26 Å². The van der Waals surface area contributed by atoms with Gasteiger partial charge in [0.1, 0.15) is 0 Å². The summed E-state index contributed by atoms with van der Waals surface area (Å²) in [4.78, 5) is 12.2. The molecule has 1 aliphatic carbocycles. The number of rotatable bonds is 4. The summed E-state index contributed by atoms with van der Waals surface area (Å²) in [5.74, 6) is 1.70. The van der Waals surface area contributed by atoms with Crippen molar-refractivity contribution in [3.8, 4) is 6.07 Å². The first-order chi connectivity index (χ1) is 9.15. The molecule has 0 spiro atoms. The maximum absolute atomic E-state index is 12.2. The summed E-state index contributed by atoms with van der Waals surface area (Å²) < 4.78 is 0. The number of carbonyl (C=O) groups excluding carboxylic acids is 1. The van der Waals surface area contributed by atoms with Gasteiger partial charge in [-0.3, -0.25) is 4.79 Å². The third-order valence-corrected chi connectivity index (χ3v) is 4.29. The van der Waals surface area contributed by atoms with E-state index in [0.717, 1.165) is 12.8 Å². The molecule has 3 unspecified atom stereocenters. The van der Waals surface area contributed by atoms with Crippen LogP contribution < -0.4 is 0 Å². The van der Waals surface area contributed by atoms with Crippen LogP contribution in [0.25, 0.3) is 0 Å². The topological polar surface area (TPSA) is 40.9 Å². The van der Waals surface area contributed by atoms with Crippen molar-refractivity contribution in [1.82, 2.24) is 0 Å². The van der Waals surface area contributed by atoms with Crippen LogP contribution in [0.3, 0.4) is 0 Å². The molecule has 2 nitrogen and oxygen atoms in total. The highest BCUT2D eigenvalue weighted by atomic mass is 16.1. The third-order valence-electron chi connectivity index (χ3n) is 4.29. The fourth-order valence-electron chi connectivity index (χ4n) is 2.84. The lowest BCUT2D eigenvalue weighted by atomic mass is 9.86. The molecule has 0 aromatic heterocycles. The SMILES string of the molecule is [CH2]CC1C[CH]C(CC(=O)c2ccc(C#N)cc2)C1C. The van der Waals surface area contributed by atoms with E-state index in [1.165, 1.54) is 0 Å². The lowest BCUT2D eigenvalue weighted by molar-refractivity contribution is 0.0956. The van der Waals surface area contributed by atoms with Crippen LogP contribution in [0.5, 0.6) is 0 Å². The van der Waals surface area contributed by atoms with E-state index in [0.29, 0.717) is 35.3 Å². The molecule has 1 aromatic carbocycles. The summed E-state index contributed by atoms with van der Waals surface area (Å²) in [6.45, 7) is 6.19. The van der Waals surface area contributed by atoms with Gasteiger partial charge in [-0.15, -0.1) is 0 Å². The Balaban J connectivity index is 1.99. The highest BCUT2D eigenvalue weighted by Gasteiger charge is 2.33. The smallest absolute Gasteiger partial charge is 0.163 e. The fraction of sp³-hybridized carbons (Fsp3) is 0.412. The summed E-state index contributed by atoms with van der Waals surface area (Å²) in [5, 5.41) is 8.74. The molecule has 98 valence electrons. The zero-order valence-corrected chi connectivity index (χ0v) is 11.3. The molecule has 1 aromatic rings. The Kier molecular flexibility index (Phi) is 4.37. The first-order valence-electron chi connectivity index (χ1n) is 6.81. The van der Waals surface area contributed by atoms with Gasteiger partial charge >= 0.3 is 0 Å². The number of nitrogens with zero attached hydrogens (tertiary/aromatic N) is 1. The van der Waals surface area contributed by atoms with Crippen LogP contribution in [-0.2, 0) is 0 Å². The predicted octanol–water partition coefficient (Wildman–Crippen LogP) is 3.83. The minimum absolute atomic E-state index is 0.169. The van der Waals surface area contributed by atoms with Gasteiger partial charge in [-0.1, -0.05) is 32.4 Å². The van der Waals surface area contributed by atoms with Gasteiger partial charge < -0.3 is 0 Å². The molecule has 0 amide bonds. The van der Waals surface area contributed by atoms with E-state index in [1.54, 1.807) is 24.3 Å². The minimum Gasteiger partial charge on any atom is -0.294 e. The Morgan fingerprint density at radius 2 is 2.11 bits per heavy atom. The van der Waals surface area contributed by atoms with E-state index >= 15 is 0 Å². The summed E-state index contributed by atoms with van der Waals surface area (Å²) >= 11 is 0. The van der Waals surface area contributed by atoms with Crippen LogP contribution in [-0.4, -0.2) is 5.78 Å². The van der Waals surface area contributed by atoms with E-state index in [4.69, 9.17) is 5.26 Å². The zero-order chi connectivity index (χ0) is 13.8. The monoisotopic (exact) mass is 253 g/mol. The molecule has 1 aliphatic rings. The van der Waals surface area contributed by atoms with Crippen LogP contribution in [0.1, 0.15) is 42.1 Å². The van der Waals surface area contributed by atoms with Crippen molar-refractivity contribution in [2.75, 3.05) is 0 Å². The number of benzene rings is 1. The second-order valence-corrected chi connectivity index (χ2v) is 5.36. The predicted molar refractivity (Wildman–Crippen MR) is 75.1 cm³/mol. The average molecular weight is 253 g/mol. The van der Waals surface area contributed by atoms with Crippen LogP contribution in [0.15, 0.2) is 24.3 Å². The van der Waals surface area contributed by atoms with Gasteiger partial charge in [0.05, 0.1) is 11.6 Å². The number of ketones is 1. The van der Waals surface area contributed by atoms with Crippen LogP contribution >= 0.6 is 0 Å². The molecule has 1 fully saturated rings. The second kappa shape index (κ2) is 6.02. The van der Waals surface area contributed by atoms with E-state index < -0.39 is 0 Å². The Hall–Kier alpha value is -1.62. The molecule has 3 atom stereocenters. The summed E-state index contributed by atoms with van der Waals surface area (Å²) in [6.07, 6.45) is 4.88. The first-order valence-corrected chi connectivity index (χ1v) is 6.81. The van der Waals surface area contributed by atoms with E-state index in [-0.39, 0.29) is 5.78 Å². The summed E-state index contributed by atoms with van der Waals surface area (Å²) in [7, 11) is 0. The van der Waals surface area contributed by atoms with Gasteiger partial charge in [-0.05, 0) is 42.7 Å². The molecule has 0 saturated heterocycles. The lowest BCUT2D eigenvalue weighted by Crippen LogP contribution is -2.15. The fourth-order valence-corrected chi connectivity index (χ4v) is 2.84. The van der Waals surface area contributed by atoms with Gasteiger partial charge in [-0.25, -0.2) is 0 Å². The van der Waals surface area contributed by atoms with Gasteiger partial charge in [-0.2, -0.15) is 5.26 Å². The van der Waals surface area contributed by atoms with Crippen molar-refractivity contribution < 1.29 is 4.79 Å². The van der Waals surface area contributed by atoms with E-state index in [9.17, 15) is 4.79 Å². The highest BCUT2D eigenvalue weighted by molar-refractivity contribution is 5.96. The van der Waals surface area contributed by atoms with Crippen molar-refractivity contribution in [3.63, 3.8) is 0 Å². The Morgan fingerprint density at radius 1 is 1.42 bits per heavy atom. The van der Waals surface area contributed by atoms with Crippen LogP contribution in [0.4, 0.5) is 0 Å². The summed E-state index contributed by atoms with van der Waals surface area (Å²) in [5.41, 5.74) is 1.30. The van der Waals surface area contributed by atoms with Crippen molar-refractivity contribution in [2.45, 2.75) is 26.2 Å². The molecule has 1 saturated carbocycles. The normalized spacial score (nSPS) is 26.1. The standard InChI is InChI=1S/C17H19NO/c1-3-14-8-9-16(12(14)2)10-17(19)15-6-4-13(11-18)5-7-15/h4-7,9,12,14,16H,1,3,8,10H2,2H3. The number of Topliss-reactive ketones (excluding diaryl/α,β-unsaturated/α-hetero) is 1. The largest absolute Gasteiger partial charge is 0.294 e. The Bertz CT molecular complexity index is 483. The maximum atomic E-state index is 12.2. The molecule has 2 rings (SSSR count). The average Bonchev–Trinajstić information content (AvgIpc) is 2.79. The molecule has 2 heteroatoms. The highest BCUT2D eigenvalue weighted by Crippen LogP contribution is 2.40. The van der Waals surface area contributed by atoms with Crippen molar-refractivity contribution in [2.24, 2.45) is 17.8 Å². The van der Waals surface area contributed by atoms with Gasteiger partial charge in [0.25, 0.3) is 0 Å². The second-order valence-electron chi connectivity index (χ2n) is 5.36. The molecule has 0 heterocycles. The lowest BCUT2D eigenvalue weighted by Gasteiger charge is -2.18. The van der Waals surface area contributed by atoms with Crippen molar-refractivity contribution in [3.05, 3.63) is 48.7 Å². The molecule has 2 radical (unpaired) electrons.